The number of hydrogen-bond donors (Lipinski definition) is 2. The van der Waals surface area contributed by atoms with Crippen molar-refractivity contribution in [1.29, 1.82) is 5.26 Å². The number of alkyl halides is 3. The summed E-state index contributed by atoms with van der Waals surface area (Å²) >= 11 is 0. The second-order valence-electron chi connectivity index (χ2n) is 9.15. The maximum Gasteiger partial charge on any atom is 0.433 e. The van der Waals surface area contributed by atoms with Crippen LogP contribution in [-0.4, -0.2) is 57.2 Å². The molecular weight excluding hydrogens is 529 g/mol. The van der Waals surface area contributed by atoms with E-state index in [9.17, 15) is 23.1 Å². The van der Waals surface area contributed by atoms with Crippen molar-refractivity contribution in [3.8, 4) is 17.7 Å². The average Bonchev–Trinajstić information content (AvgIpc) is 2.94. The topological polar surface area (TPSA) is 140 Å². The third kappa shape index (κ3) is 5.12. The zero-order chi connectivity index (χ0) is 28.4. The number of likely N-dealkylation sites (N-methyl/N-ethyl adjacent to an activating group) is 1. The van der Waals surface area contributed by atoms with Gasteiger partial charge in [0.05, 0.1) is 30.5 Å². The average molecular weight is 553 g/mol. The van der Waals surface area contributed by atoms with E-state index in [1.807, 2.05) is 10.8 Å². The lowest BCUT2D eigenvalue weighted by Gasteiger charge is -2.43. The molecule has 0 amide bonds. The Hall–Kier alpha value is -4.73. The van der Waals surface area contributed by atoms with Crippen LogP contribution >= 0.6 is 0 Å². The first-order valence-electron chi connectivity index (χ1n) is 12.3. The third-order valence-corrected chi connectivity index (χ3v) is 6.62. The predicted molar refractivity (Wildman–Crippen MR) is 136 cm³/mol. The van der Waals surface area contributed by atoms with Crippen LogP contribution in [0.2, 0.25) is 0 Å². The van der Waals surface area contributed by atoms with Crippen molar-refractivity contribution in [2.75, 3.05) is 35.3 Å². The molecule has 5 heterocycles. The molecule has 206 valence electrons. The van der Waals surface area contributed by atoms with E-state index in [4.69, 9.17) is 10.00 Å². The molecule has 11 nitrogen and oxygen atoms in total. The number of aliphatic hydroxyl groups is 1. The fourth-order valence-electron chi connectivity index (χ4n) is 4.67. The van der Waals surface area contributed by atoms with Crippen molar-refractivity contribution in [2.45, 2.75) is 38.0 Å². The molecule has 0 unspecified atom stereocenters. The lowest BCUT2D eigenvalue weighted by Crippen LogP contribution is -2.50. The van der Waals surface area contributed by atoms with E-state index in [-0.39, 0.29) is 30.4 Å². The summed E-state index contributed by atoms with van der Waals surface area (Å²) in [7, 11) is 1.76. The molecule has 0 radical (unpaired) electrons. The van der Waals surface area contributed by atoms with Gasteiger partial charge in [-0.05, 0) is 30.5 Å². The molecule has 2 aliphatic heterocycles. The van der Waals surface area contributed by atoms with Gasteiger partial charge in [-0.3, -0.25) is 0 Å². The van der Waals surface area contributed by atoms with Crippen molar-refractivity contribution >= 4 is 23.4 Å². The van der Waals surface area contributed by atoms with Crippen molar-refractivity contribution in [1.82, 2.24) is 19.9 Å². The summed E-state index contributed by atoms with van der Waals surface area (Å²) in [5.74, 6) is 3.08. The molecule has 0 saturated carbocycles. The monoisotopic (exact) mass is 552 g/mol. The number of aryl methyl sites for hydroxylation is 1. The summed E-state index contributed by atoms with van der Waals surface area (Å²) in [6, 6.07) is 6.40. The summed E-state index contributed by atoms with van der Waals surface area (Å²) in [5, 5.41) is 22.1. The number of aliphatic hydroxyl groups excluding tert-OH is 1. The summed E-state index contributed by atoms with van der Waals surface area (Å²) in [5.41, 5.74) is 1.40. The fourth-order valence-corrected chi connectivity index (χ4v) is 4.67. The van der Waals surface area contributed by atoms with Crippen molar-refractivity contribution in [3.05, 3.63) is 58.8 Å². The van der Waals surface area contributed by atoms with Crippen molar-refractivity contribution in [2.24, 2.45) is 0 Å². The lowest BCUT2D eigenvalue weighted by molar-refractivity contribution is -0.141. The number of hydrogen-bond acceptors (Lipinski definition) is 11. The second kappa shape index (κ2) is 10.8. The Balaban J connectivity index is 1.31. The highest BCUT2D eigenvalue weighted by Gasteiger charge is 2.39. The summed E-state index contributed by atoms with van der Waals surface area (Å²) in [6.45, 7) is 0.662. The van der Waals surface area contributed by atoms with Crippen LogP contribution in [0.5, 0.6) is 11.6 Å². The van der Waals surface area contributed by atoms with Crippen molar-refractivity contribution < 1.29 is 27.8 Å². The number of aromatic nitrogens is 4. The van der Waals surface area contributed by atoms with Gasteiger partial charge < -0.3 is 25.0 Å². The number of halogens is 3. The van der Waals surface area contributed by atoms with E-state index < -0.39 is 17.9 Å². The smallest absolute Gasteiger partial charge is 0.433 e. The number of carbonyl (C=O) groups excluding carboxylic acids is 1. The van der Waals surface area contributed by atoms with Gasteiger partial charge in [0.15, 0.2) is 11.6 Å². The summed E-state index contributed by atoms with van der Waals surface area (Å²) in [4.78, 5) is 32.3. The highest BCUT2D eigenvalue weighted by atomic mass is 19.4. The van der Waals surface area contributed by atoms with Crippen LogP contribution in [0.1, 0.15) is 29.1 Å². The van der Waals surface area contributed by atoms with Gasteiger partial charge >= 0.3 is 6.18 Å². The van der Waals surface area contributed by atoms with Crippen LogP contribution in [0.25, 0.3) is 0 Å². The lowest BCUT2D eigenvalue weighted by atomic mass is 10.0. The molecule has 14 heteroatoms. The molecule has 0 spiro atoms. The number of nitriles is 1. The minimum Gasteiger partial charge on any atom is -0.437 e. The number of nitrogens with one attached hydrogen (secondary N) is 1. The third-order valence-electron chi connectivity index (χ3n) is 6.62. The fraction of sp³-hybridized carbons (Fsp3) is 0.346. The minimum atomic E-state index is -4.64. The van der Waals surface area contributed by atoms with E-state index in [0.717, 1.165) is 35.5 Å². The Labute approximate surface area is 226 Å². The normalized spacial score (nSPS) is 16.2. The van der Waals surface area contributed by atoms with Gasteiger partial charge in [0.1, 0.15) is 29.1 Å². The number of anilines is 3. The second-order valence-corrected chi connectivity index (χ2v) is 9.15. The Kier molecular flexibility index (Phi) is 7.25. The quantitative estimate of drug-likeness (QED) is 0.418. The van der Waals surface area contributed by atoms with Gasteiger partial charge in [-0.2, -0.15) is 23.4 Å². The van der Waals surface area contributed by atoms with E-state index in [1.54, 1.807) is 30.1 Å². The first-order chi connectivity index (χ1) is 19.2. The maximum absolute atomic E-state index is 13.0. The van der Waals surface area contributed by atoms with Gasteiger partial charge in [-0.1, -0.05) is 6.07 Å². The maximum atomic E-state index is 13.0. The highest BCUT2D eigenvalue weighted by Crippen LogP contribution is 2.42. The Morgan fingerprint density at radius 2 is 2.05 bits per heavy atom. The Morgan fingerprint density at radius 1 is 1.23 bits per heavy atom. The minimum absolute atomic E-state index is 0.0104. The Morgan fingerprint density at radius 3 is 2.73 bits per heavy atom. The number of pyridine rings is 2. The van der Waals surface area contributed by atoms with Crippen LogP contribution in [0.15, 0.2) is 36.2 Å². The first kappa shape index (κ1) is 26.9. The van der Waals surface area contributed by atoms with Crippen molar-refractivity contribution in [3.63, 3.8) is 0 Å². The van der Waals surface area contributed by atoms with Crippen LogP contribution < -0.4 is 19.9 Å². The highest BCUT2D eigenvalue weighted by molar-refractivity contribution is 5.82. The number of ether oxygens (including phenoxy) is 1. The standard InChI is InChI=1S/C26H23F3N8O3/c1-36-18(13-38)19(14-39)37-10-2-3-17-23(37)24(36)35-25(34-17)32-12-15-4-7-22(31-11-15)40-20-5-6-21(26(27,28)29)33-16(20)8-9-30/h4-7,11,18,38H,2-3,8,10,12-13H2,1H3,(H,32,34,35)/t18-/m1/s1. The van der Waals surface area contributed by atoms with Crippen LogP contribution in [0.3, 0.4) is 0 Å². The molecule has 40 heavy (non-hydrogen) atoms. The Bertz CT molecular complexity index is 1520. The van der Waals surface area contributed by atoms with Gasteiger partial charge in [-0.15, -0.1) is 0 Å². The van der Waals surface area contributed by atoms with Gasteiger partial charge in [0, 0.05) is 32.4 Å². The molecule has 0 saturated heterocycles. The van der Waals surface area contributed by atoms with E-state index in [2.05, 4.69) is 25.3 Å². The summed E-state index contributed by atoms with van der Waals surface area (Å²) in [6.07, 6.45) is -1.97. The van der Waals surface area contributed by atoms with Crippen LogP contribution in [0, 0.1) is 11.3 Å². The largest absolute Gasteiger partial charge is 0.437 e. The molecule has 0 aromatic carbocycles. The van der Waals surface area contributed by atoms with Gasteiger partial charge in [-0.25, -0.2) is 19.7 Å². The molecule has 2 aliphatic rings. The van der Waals surface area contributed by atoms with Crippen LogP contribution in [-0.2, 0) is 30.4 Å². The molecule has 0 fully saturated rings. The van der Waals surface area contributed by atoms with E-state index in [0.29, 0.717) is 37.0 Å². The molecule has 2 N–H and O–H groups in total. The molecule has 3 aromatic heterocycles. The van der Waals surface area contributed by atoms with E-state index >= 15 is 0 Å². The predicted octanol–water partition coefficient (Wildman–Crippen LogP) is 3.03. The van der Waals surface area contributed by atoms with Crippen LogP contribution in [0.4, 0.5) is 30.6 Å². The molecule has 5 rings (SSSR count). The van der Waals surface area contributed by atoms with Gasteiger partial charge in [0.25, 0.3) is 0 Å². The molecule has 3 aromatic rings. The zero-order valence-corrected chi connectivity index (χ0v) is 21.2. The molecule has 0 aliphatic carbocycles. The SMILES string of the molecule is CN1c2nc(NCc3ccc(Oc4ccc(C(F)(F)F)nc4CC#N)nc3)nc3c2N(CCC3)C(=C=O)[C@H]1CO. The zero-order valence-electron chi connectivity index (χ0n) is 21.2. The van der Waals surface area contributed by atoms with Gasteiger partial charge in [0.2, 0.25) is 11.8 Å². The summed E-state index contributed by atoms with van der Waals surface area (Å²) < 4.78 is 44.6. The number of nitrogens with zero attached hydrogens (tertiary/aromatic N) is 7. The number of rotatable bonds is 7. The first-order valence-corrected chi connectivity index (χ1v) is 12.3. The molecular formula is C26H23F3N8O3. The molecule has 0 bridgehead atoms. The molecule has 1 atom stereocenters. The van der Waals surface area contributed by atoms with E-state index in [1.165, 1.54) is 6.20 Å².